The summed E-state index contributed by atoms with van der Waals surface area (Å²) < 4.78 is 36.0. The molecule has 9 nitrogen and oxygen atoms in total. The molecule has 0 atom stereocenters. The van der Waals surface area contributed by atoms with Gasteiger partial charge in [0.2, 0.25) is 10.0 Å². The van der Waals surface area contributed by atoms with E-state index in [0.717, 1.165) is 12.1 Å². The van der Waals surface area contributed by atoms with Gasteiger partial charge in [0.05, 0.1) is 37.9 Å². The monoisotopic (exact) mass is 320 g/mol. The van der Waals surface area contributed by atoms with Gasteiger partial charge in [-0.15, -0.1) is 0 Å². The molecule has 0 unspecified atom stereocenters. The fourth-order valence-electron chi connectivity index (χ4n) is 1.49. The number of methoxy groups -OCH3 is 1. The molecule has 0 aliphatic carbocycles. The van der Waals surface area contributed by atoms with Crippen LogP contribution in [0, 0.1) is 10.1 Å². The molecule has 0 aliphatic heterocycles. The Morgan fingerprint density at radius 2 is 2.10 bits per heavy atom. The minimum atomic E-state index is -4.04. The molecule has 2 N–H and O–H groups in total. The van der Waals surface area contributed by atoms with Gasteiger partial charge in [0.1, 0.15) is 5.75 Å². The van der Waals surface area contributed by atoms with E-state index in [-0.39, 0.29) is 32.1 Å². The maximum atomic E-state index is 12.0. The summed E-state index contributed by atoms with van der Waals surface area (Å²) in [7, 11) is -2.71. The third-order valence-electron chi connectivity index (χ3n) is 2.43. The summed E-state index contributed by atoms with van der Waals surface area (Å²) in [5.41, 5.74) is -0.571. The number of nitrogens with one attached hydrogen (secondary N) is 1. The number of nitro benzene ring substituents is 1. The normalized spacial score (nSPS) is 11.3. The Labute approximate surface area is 121 Å². The molecule has 118 valence electrons. The molecule has 0 saturated heterocycles. The van der Waals surface area contributed by atoms with E-state index in [1.54, 1.807) is 0 Å². The van der Waals surface area contributed by atoms with Gasteiger partial charge in [-0.05, 0) is 12.1 Å². The van der Waals surface area contributed by atoms with Crippen molar-refractivity contribution < 1.29 is 27.9 Å². The predicted octanol–water partition coefficient (Wildman–Crippen LogP) is -0.109. The number of rotatable bonds is 9. The first-order valence-electron chi connectivity index (χ1n) is 5.93. The van der Waals surface area contributed by atoms with Crippen LogP contribution in [0.4, 0.5) is 5.69 Å². The van der Waals surface area contributed by atoms with Crippen molar-refractivity contribution in [3.05, 3.63) is 28.3 Å². The minimum Gasteiger partial charge on any atom is -0.497 e. The van der Waals surface area contributed by atoms with E-state index in [1.165, 1.54) is 13.2 Å². The number of aliphatic hydroxyl groups is 1. The van der Waals surface area contributed by atoms with E-state index >= 15 is 0 Å². The van der Waals surface area contributed by atoms with Gasteiger partial charge in [0.15, 0.2) is 4.90 Å². The molecule has 1 aromatic carbocycles. The second kappa shape index (κ2) is 7.88. The third kappa shape index (κ3) is 4.93. The van der Waals surface area contributed by atoms with Crippen molar-refractivity contribution >= 4 is 15.7 Å². The van der Waals surface area contributed by atoms with Crippen molar-refractivity contribution in [2.45, 2.75) is 4.90 Å². The highest BCUT2D eigenvalue weighted by Crippen LogP contribution is 2.27. The lowest BCUT2D eigenvalue weighted by Crippen LogP contribution is -2.28. The van der Waals surface area contributed by atoms with Gasteiger partial charge in [-0.3, -0.25) is 10.1 Å². The molecule has 0 aliphatic rings. The van der Waals surface area contributed by atoms with Crippen LogP contribution in [-0.4, -0.2) is 51.9 Å². The zero-order valence-electron chi connectivity index (χ0n) is 11.3. The highest BCUT2D eigenvalue weighted by Gasteiger charge is 2.26. The largest absolute Gasteiger partial charge is 0.497 e. The number of hydrogen-bond donors (Lipinski definition) is 2. The van der Waals surface area contributed by atoms with Crippen LogP contribution in [0.3, 0.4) is 0 Å². The van der Waals surface area contributed by atoms with Crippen molar-refractivity contribution in [1.82, 2.24) is 4.72 Å². The Morgan fingerprint density at radius 3 is 2.67 bits per heavy atom. The first kappa shape index (κ1) is 17.3. The topological polar surface area (TPSA) is 128 Å². The lowest BCUT2D eigenvalue weighted by molar-refractivity contribution is -0.387. The van der Waals surface area contributed by atoms with Gasteiger partial charge in [-0.1, -0.05) is 0 Å². The van der Waals surface area contributed by atoms with Crippen molar-refractivity contribution in [2.24, 2.45) is 0 Å². The number of aliphatic hydroxyl groups excluding tert-OH is 1. The second-order valence-electron chi connectivity index (χ2n) is 3.82. The summed E-state index contributed by atoms with van der Waals surface area (Å²) in [6.45, 7) is -0.101. The van der Waals surface area contributed by atoms with Gasteiger partial charge >= 0.3 is 0 Å². The first-order chi connectivity index (χ1) is 9.92. The molecule has 0 fully saturated rings. The summed E-state index contributed by atoms with van der Waals surface area (Å²) >= 11 is 0. The van der Waals surface area contributed by atoms with Gasteiger partial charge < -0.3 is 14.6 Å². The van der Waals surface area contributed by atoms with Crippen LogP contribution in [0.5, 0.6) is 5.75 Å². The van der Waals surface area contributed by atoms with E-state index in [1.807, 2.05) is 0 Å². The molecule has 0 radical (unpaired) electrons. The molecule has 0 amide bonds. The zero-order chi connectivity index (χ0) is 15.9. The Bertz CT molecular complexity index is 588. The van der Waals surface area contributed by atoms with E-state index in [9.17, 15) is 18.5 Å². The van der Waals surface area contributed by atoms with Crippen LogP contribution in [-0.2, 0) is 14.8 Å². The van der Waals surface area contributed by atoms with Crippen LogP contribution in [0.1, 0.15) is 0 Å². The van der Waals surface area contributed by atoms with Crippen molar-refractivity contribution in [3.8, 4) is 5.75 Å². The van der Waals surface area contributed by atoms with E-state index in [0.29, 0.717) is 0 Å². The predicted molar refractivity (Wildman–Crippen MR) is 72.7 cm³/mol. The highest BCUT2D eigenvalue weighted by atomic mass is 32.2. The molecule has 10 heteroatoms. The molecule has 0 spiro atoms. The number of benzene rings is 1. The number of hydrogen-bond acceptors (Lipinski definition) is 7. The van der Waals surface area contributed by atoms with Crippen LogP contribution in [0.25, 0.3) is 0 Å². The van der Waals surface area contributed by atoms with Gasteiger partial charge in [0, 0.05) is 6.54 Å². The Kier molecular flexibility index (Phi) is 6.49. The minimum absolute atomic E-state index is 0.0454. The summed E-state index contributed by atoms with van der Waals surface area (Å²) in [4.78, 5) is 9.72. The van der Waals surface area contributed by atoms with Crippen LogP contribution in [0.2, 0.25) is 0 Å². The molecule has 21 heavy (non-hydrogen) atoms. The molecule has 0 heterocycles. The van der Waals surface area contributed by atoms with E-state index in [2.05, 4.69) is 4.72 Å². The summed E-state index contributed by atoms with van der Waals surface area (Å²) in [5, 5.41) is 19.5. The maximum absolute atomic E-state index is 12.0. The summed E-state index contributed by atoms with van der Waals surface area (Å²) in [6.07, 6.45) is 0. The first-order valence-corrected chi connectivity index (χ1v) is 7.41. The van der Waals surface area contributed by atoms with Crippen LogP contribution in [0.15, 0.2) is 23.1 Å². The average molecular weight is 320 g/mol. The Balaban J connectivity index is 2.89. The molecule has 0 saturated carbocycles. The smallest absolute Gasteiger partial charge is 0.293 e. The van der Waals surface area contributed by atoms with Crippen molar-refractivity contribution in [2.75, 3.05) is 33.5 Å². The zero-order valence-corrected chi connectivity index (χ0v) is 12.1. The molecule has 1 aromatic rings. The molecular formula is C11H16N2O7S. The molecule has 0 aromatic heterocycles. The van der Waals surface area contributed by atoms with E-state index < -0.39 is 25.5 Å². The summed E-state index contributed by atoms with van der Waals surface area (Å²) in [5.74, 6) is 0.187. The van der Waals surface area contributed by atoms with Crippen molar-refractivity contribution in [1.29, 1.82) is 0 Å². The standard InChI is InChI=1S/C11H16N2O7S/c1-19-9-2-3-11(10(8-9)13(15)16)21(17,18)12-4-6-20-7-5-14/h2-3,8,12,14H,4-7H2,1H3. The Hall–Kier alpha value is -1.75. The number of sulfonamides is 1. The van der Waals surface area contributed by atoms with Gasteiger partial charge in [-0.25, -0.2) is 13.1 Å². The fourth-order valence-corrected chi connectivity index (χ4v) is 2.65. The number of nitro groups is 1. The third-order valence-corrected chi connectivity index (χ3v) is 3.93. The lowest BCUT2D eigenvalue weighted by atomic mass is 10.3. The average Bonchev–Trinajstić information content (AvgIpc) is 2.46. The summed E-state index contributed by atoms with van der Waals surface area (Å²) in [6, 6.07) is 3.47. The molecule has 0 bridgehead atoms. The van der Waals surface area contributed by atoms with Crippen LogP contribution >= 0.6 is 0 Å². The second-order valence-corrected chi connectivity index (χ2v) is 5.56. The van der Waals surface area contributed by atoms with Gasteiger partial charge in [-0.2, -0.15) is 0 Å². The molecule has 1 rings (SSSR count). The highest BCUT2D eigenvalue weighted by molar-refractivity contribution is 7.89. The molecular weight excluding hydrogens is 304 g/mol. The SMILES string of the molecule is COc1ccc(S(=O)(=O)NCCOCCO)c([N+](=O)[O-])c1. The van der Waals surface area contributed by atoms with Gasteiger partial charge in [0.25, 0.3) is 5.69 Å². The fraction of sp³-hybridized carbons (Fsp3) is 0.455. The number of ether oxygens (including phenoxy) is 2. The lowest BCUT2D eigenvalue weighted by Gasteiger charge is -2.08. The van der Waals surface area contributed by atoms with Crippen molar-refractivity contribution in [3.63, 3.8) is 0 Å². The van der Waals surface area contributed by atoms with E-state index in [4.69, 9.17) is 14.6 Å². The maximum Gasteiger partial charge on any atom is 0.293 e. The quantitative estimate of drug-likeness (QED) is 0.369. The number of nitrogens with zero attached hydrogens (tertiary/aromatic N) is 1. The Morgan fingerprint density at radius 1 is 1.38 bits per heavy atom. The van der Waals surface area contributed by atoms with Crippen LogP contribution < -0.4 is 9.46 Å².